The minimum Gasteiger partial charge on any atom is -0.340 e. The van der Waals surface area contributed by atoms with Crippen LogP contribution in [-0.4, -0.2) is 128 Å². The van der Waals surface area contributed by atoms with E-state index in [1.807, 2.05) is 16.7 Å². The number of amides is 2. The third-order valence-electron chi connectivity index (χ3n) is 9.44. The van der Waals surface area contributed by atoms with Crippen LogP contribution < -0.4 is 0 Å². The summed E-state index contributed by atoms with van der Waals surface area (Å²) in [5.74, 6) is -0.876. The van der Waals surface area contributed by atoms with Crippen molar-refractivity contribution in [3.05, 3.63) is 35.4 Å². The number of piperidine rings is 2. The third-order valence-corrected chi connectivity index (χ3v) is 10.7. The molecule has 0 aromatic heterocycles. The van der Waals surface area contributed by atoms with Crippen LogP contribution in [0.5, 0.6) is 0 Å². The predicted octanol–water partition coefficient (Wildman–Crippen LogP) is 2.59. The summed E-state index contributed by atoms with van der Waals surface area (Å²) in [6.45, 7) is 10.7. The molecule has 1 aromatic rings. The van der Waals surface area contributed by atoms with Crippen LogP contribution in [0.15, 0.2) is 18.2 Å². The van der Waals surface area contributed by atoms with Gasteiger partial charge < -0.3 is 14.7 Å². The van der Waals surface area contributed by atoms with Crippen molar-refractivity contribution in [2.45, 2.75) is 57.9 Å². The van der Waals surface area contributed by atoms with E-state index in [0.29, 0.717) is 70.8 Å². The van der Waals surface area contributed by atoms with Gasteiger partial charge in [-0.25, -0.2) is 21.5 Å². The maximum Gasteiger partial charge on any atom is 0.236 e. The molecule has 0 saturated carbocycles. The molecular formula is C30H47F2N5O4S. The minimum atomic E-state index is -3.26. The largest absolute Gasteiger partial charge is 0.340 e. The second-order valence-electron chi connectivity index (χ2n) is 12.1. The molecule has 3 heterocycles. The summed E-state index contributed by atoms with van der Waals surface area (Å²) in [5, 5.41) is 0. The van der Waals surface area contributed by atoms with Gasteiger partial charge in [-0.2, -0.15) is 0 Å². The fraction of sp³-hybridized carbons (Fsp3) is 0.733. The van der Waals surface area contributed by atoms with Gasteiger partial charge >= 0.3 is 0 Å². The summed E-state index contributed by atoms with van der Waals surface area (Å²) in [4.78, 5) is 33.2. The van der Waals surface area contributed by atoms with Crippen molar-refractivity contribution < 1.29 is 26.8 Å². The van der Waals surface area contributed by atoms with Gasteiger partial charge in [0, 0.05) is 77.9 Å². The zero-order valence-electron chi connectivity index (χ0n) is 25.3. The molecule has 236 valence electrons. The fourth-order valence-electron chi connectivity index (χ4n) is 6.99. The van der Waals surface area contributed by atoms with Crippen molar-refractivity contribution in [3.63, 3.8) is 0 Å². The van der Waals surface area contributed by atoms with E-state index in [0.717, 1.165) is 45.0 Å². The highest BCUT2D eigenvalue weighted by Crippen LogP contribution is 2.37. The smallest absolute Gasteiger partial charge is 0.236 e. The van der Waals surface area contributed by atoms with E-state index in [1.54, 1.807) is 6.92 Å². The van der Waals surface area contributed by atoms with Crippen LogP contribution in [0.2, 0.25) is 0 Å². The summed E-state index contributed by atoms with van der Waals surface area (Å²) >= 11 is 0. The van der Waals surface area contributed by atoms with Crippen LogP contribution in [0.25, 0.3) is 0 Å². The monoisotopic (exact) mass is 611 g/mol. The first-order valence-corrected chi connectivity index (χ1v) is 17.2. The molecule has 0 aliphatic carbocycles. The first-order valence-electron chi connectivity index (χ1n) is 15.4. The standard InChI is InChI=1S/C30H47F2N5O4S/c1-4-37(30(39)22-34-15-17-35(18-16-34)23(2)38)28-7-10-33(11-8-28)12-9-29(25-19-26(31)21-27(32)20-25)24-5-13-36(14-6-24)42(3,40)41/h19-21,24,28-29H,4-18,22H2,1-3H3/t29-/m1/s1. The molecule has 3 aliphatic heterocycles. The van der Waals surface area contributed by atoms with Gasteiger partial charge in [0.2, 0.25) is 21.8 Å². The van der Waals surface area contributed by atoms with E-state index in [9.17, 15) is 26.8 Å². The first kappa shape index (κ1) is 32.8. The molecule has 0 unspecified atom stereocenters. The highest BCUT2D eigenvalue weighted by atomic mass is 32.2. The average molecular weight is 612 g/mol. The lowest BCUT2D eigenvalue weighted by Crippen LogP contribution is -2.53. The van der Waals surface area contributed by atoms with Crippen LogP contribution >= 0.6 is 0 Å². The molecule has 0 bridgehead atoms. The maximum absolute atomic E-state index is 14.2. The number of hydrogen-bond donors (Lipinski definition) is 0. The molecule has 3 fully saturated rings. The third kappa shape index (κ3) is 8.70. The molecular weight excluding hydrogens is 564 g/mol. The van der Waals surface area contributed by atoms with E-state index in [2.05, 4.69) is 9.80 Å². The number of sulfonamides is 1. The molecule has 0 N–H and O–H groups in total. The summed E-state index contributed by atoms with van der Waals surface area (Å²) in [7, 11) is -3.26. The molecule has 3 saturated heterocycles. The molecule has 12 heteroatoms. The number of likely N-dealkylation sites (N-methyl/N-ethyl adjacent to an activating group) is 1. The van der Waals surface area contributed by atoms with Crippen LogP contribution in [0, 0.1) is 17.6 Å². The number of hydrogen-bond acceptors (Lipinski definition) is 6. The van der Waals surface area contributed by atoms with Crippen LogP contribution in [0.3, 0.4) is 0 Å². The SMILES string of the molecule is CCN(C(=O)CN1CCN(C(C)=O)CC1)C1CCN(CC[C@@H](c2cc(F)cc(F)c2)C2CCN(S(C)(=O)=O)CC2)CC1. The van der Waals surface area contributed by atoms with Gasteiger partial charge in [-0.05, 0) is 75.1 Å². The van der Waals surface area contributed by atoms with Crippen LogP contribution in [0.1, 0.15) is 57.4 Å². The molecule has 4 rings (SSSR count). The lowest BCUT2D eigenvalue weighted by Gasteiger charge is -2.41. The Morgan fingerprint density at radius 1 is 0.905 bits per heavy atom. The van der Waals surface area contributed by atoms with Crippen molar-refractivity contribution in [1.29, 1.82) is 0 Å². The number of benzene rings is 1. The number of piperazine rings is 1. The average Bonchev–Trinajstić information content (AvgIpc) is 2.94. The number of nitrogens with zero attached hydrogens (tertiary/aromatic N) is 5. The fourth-order valence-corrected chi connectivity index (χ4v) is 7.87. The Morgan fingerprint density at radius 2 is 1.50 bits per heavy atom. The van der Waals surface area contributed by atoms with E-state index in [1.165, 1.54) is 22.7 Å². The van der Waals surface area contributed by atoms with Gasteiger partial charge in [-0.1, -0.05) is 0 Å². The van der Waals surface area contributed by atoms with E-state index < -0.39 is 21.7 Å². The van der Waals surface area contributed by atoms with Gasteiger partial charge in [-0.3, -0.25) is 14.5 Å². The minimum absolute atomic E-state index is 0.0631. The molecule has 3 aliphatic rings. The highest BCUT2D eigenvalue weighted by Gasteiger charge is 2.33. The molecule has 0 spiro atoms. The second-order valence-corrected chi connectivity index (χ2v) is 14.1. The molecule has 0 radical (unpaired) electrons. The zero-order chi connectivity index (χ0) is 30.4. The van der Waals surface area contributed by atoms with Gasteiger partial charge in [0.25, 0.3) is 0 Å². The van der Waals surface area contributed by atoms with Crippen LogP contribution in [0.4, 0.5) is 8.78 Å². The number of carbonyl (C=O) groups is 2. The van der Waals surface area contributed by atoms with E-state index in [-0.39, 0.29) is 29.7 Å². The number of halogens is 2. The Kier molecular flexibility index (Phi) is 11.3. The Morgan fingerprint density at radius 3 is 2.02 bits per heavy atom. The first-order chi connectivity index (χ1) is 19.9. The second kappa shape index (κ2) is 14.5. The quantitative estimate of drug-likeness (QED) is 0.405. The molecule has 1 aromatic carbocycles. The van der Waals surface area contributed by atoms with E-state index in [4.69, 9.17) is 0 Å². The molecule has 2 amide bonds. The Bertz CT molecular complexity index is 1160. The Labute approximate surface area is 249 Å². The number of carbonyl (C=O) groups excluding carboxylic acids is 2. The van der Waals surface area contributed by atoms with Crippen molar-refractivity contribution in [1.82, 2.24) is 23.9 Å². The van der Waals surface area contributed by atoms with Crippen molar-refractivity contribution in [2.75, 3.05) is 78.2 Å². The summed E-state index contributed by atoms with van der Waals surface area (Å²) < 4.78 is 53.9. The van der Waals surface area contributed by atoms with Crippen molar-refractivity contribution in [2.24, 2.45) is 5.92 Å². The topological polar surface area (TPSA) is 84.5 Å². The lowest BCUT2D eigenvalue weighted by atomic mass is 9.78. The Hall–Kier alpha value is -2.15. The maximum atomic E-state index is 14.2. The molecule has 42 heavy (non-hydrogen) atoms. The summed E-state index contributed by atoms with van der Waals surface area (Å²) in [6, 6.07) is 3.93. The molecule has 9 nitrogen and oxygen atoms in total. The highest BCUT2D eigenvalue weighted by molar-refractivity contribution is 7.88. The Balaban J connectivity index is 1.30. The van der Waals surface area contributed by atoms with Crippen molar-refractivity contribution in [3.8, 4) is 0 Å². The van der Waals surface area contributed by atoms with Gasteiger partial charge in [0.15, 0.2) is 0 Å². The zero-order valence-corrected chi connectivity index (χ0v) is 26.1. The van der Waals surface area contributed by atoms with E-state index >= 15 is 0 Å². The summed E-state index contributed by atoms with van der Waals surface area (Å²) in [6.07, 6.45) is 5.04. The van der Waals surface area contributed by atoms with Crippen molar-refractivity contribution >= 4 is 21.8 Å². The number of likely N-dealkylation sites (tertiary alicyclic amines) is 1. The predicted molar refractivity (Wildman–Crippen MR) is 158 cm³/mol. The van der Waals surface area contributed by atoms with Gasteiger partial charge in [-0.15, -0.1) is 0 Å². The van der Waals surface area contributed by atoms with Gasteiger partial charge in [0.1, 0.15) is 11.6 Å². The normalized spacial score (nSPS) is 21.4. The molecule has 1 atom stereocenters. The van der Waals surface area contributed by atoms with Gasteiger partial charge in [0.05, 0.1) is 12.8 Å². The summed E-state index contributed by atoms with van der Waals surface area (Å²) in [5.41, 5.74) is 0.645. The van der Waals surface area contributed by atoms with Crippen LogP contribution in [-0.2, 0) is 19.6 Å². The number of rotatable bonds is 10. The lowest BCUT2D eigenvalue weighted by molar-refractivity contribution is -0.136.